The Morgan fingerprint density at radius 3 is 1.98 bits per heavy atom. The Kier molecular flexibility index (Phi) is 8.86. The molecule has 5 rings (SSSR count). The van der Waals surface area contributed by atoms with Gasteiger partial charge in [-0.2, -0.15) is 26.3 Å². The number of imidazole rings is 1. The summed E-state index contributed by atoms with van der Waals surface area (Å²) in [7, 11) is 0. The van der Waals surface area contributed by atoms with Gasteiger partial charge in [0.1, 0.15) is 5.82 Å². The molecule has 42 heavy (non-hydrogen) atoms. The summed E-state index contributed by atoms with van der Waals surface area (Å²) in [6, 6.07) is 27.4. The molecule has 0 radical (unpaired) electrons. The molecule has 0 aliphatic rings. The fraction of sp³-hybridized carbons (Fsp3) is 0.133. The van der Waals surface area contributed by atoms with Crippen LogP contribution in [0.5, 0.6) is 0 Å². The molecule has 218 valence electrons. The molecule has 0 unspecified atom stereocenters. The van der Waals surface area contributed by atoms with E-state index in [2.05, 4.69) is 27.4 Å². The van der Waals surface area contributed by atoms with Crippen molar-refractivity contribution in [1.82, 2.24) is 15.3 Å². The molecule has 0 spiro atoms. The average Bonchev–Trinajstić information content (AvgIpc) is 3.37. The molecule has 5 N–H and O–H groups in total. The molecule has 0 saturated heterocycles. The molecule has 0 fully saturated rings. The number of fused-ring (bicyclic) bond motifs is 1. The largest absolute Gasteiger partial charge is 0.490 e. The number of H-pyrrole nitrogens is 1. The van der Waals surface area contributed by atoms with Crippen LogP contribution in [0.2, 0.25) is 0 Å². The second kappa shape index (κ2) is 12.4. The monoisotopic (exact) mass is 586 g/mol. The highest BCUT2D eigenvalue weighted by molar-refractivity contribution is 5.81. The van der Waals surface area contributed by atoms with Crippen molar-refractivity contribution in [2.24, 2.45) is 0 Å². The first-order valence-electron chi connectivity index (χ1n) is 12.4. The number of anilines is 1. The predicted octanol–water partition coefficient (Wildman–Crippen LogP) is 7.42. The Morgan fingerprint density at radius 2 is 1.36 bits per heavy atom. The SMILES string of the molecule is Nc1cccc(CNCc2cccc(-c3cccc(-c4nc5ccc(C(F)(F)F)cc5[nH]4)c3)c2)c1.O=C(O)C(F)(F)F. The van der Waals surface area contributed by atoms with Gasteiger partial charge in [-0.25, -0.2) is 9.78 Å². The van der Waals surface area contributed by atoms with Crippen LogP contribution >= 0.6 is 0 Å². The van der Waals surface area contributed by atoms with Crippen LogP contribution in [-0.4, -0.2) is 27.2 Å². The van der Waals surface area contributed by atoms with Gasteiger partial charge in [-0.3, -0.25) is 0 Å². The van der Waals surface area contributed by atoms with Crippen LogP contribution in [0.25, 0.3) is 33.5 Å². The number of aliphatic carboxylic acids is 1. The standard InChI is InChI=1S/C28H23F3N4.C2HF3O2/c29-28(30,31)23-10-11-25-26(15-23)35-27(34-25)22-8-3-7-21(14-22)20-6-1-4-18(12-20)16-33-17-19-5-2-9-24(32)13-19;3-2(4,5)1(6)7/h1-15,33H,16-17,32H2,(H,34,35);(H,6,7). The van der Waals surface area contributed by atoms with E-state index in [0.717, 1.165) is 45.6 Å². The second-order valence-electron chi connectivity index (χ2n) is 9.25. The van der Waals surface area contributed by atoms with E-state index in [4.69, 9.17) is 15.6 Å². The zero-order valence-electron chi connectivity index (χ0n) is 21.7. The number of hydrogen-bond donors (Lipinski definition) is 4. The Balaban J connectivity index is 0.000000517. The lowest BCUT2D eigenvalue weighted by Gasteiger charge is -2.09. The van der Waals surface area contributed by atoms with Gasteiger partial charge in [-0.15, -0.1) is 0 Å². The average molecular weight is 587 g/mol. The molecule has 0 aliphatic carbocycles. The number of aromatic amines is 1. The quantitative estimate of drug-likeness (QED) is 0.122. The van der Waals surface area contributed by atoms with Crippen LogP contribution in [0.1, 0.15) is 16.7 Å². The van der Waals surface area contributed by atoms with E-state index in [1.165, 1.54) is 6.07 Å². The van der Waals surface area contributed by atoms with E-state index >= 15 is 0 Å². The lowest BCUT2D eigenvalue weighted by Crippen LogP contribution is -2.21. The molecule has 5 aromatic rings. The first-order valence-corrected chi connectivity index (χ1v) is 12.4. The summed E-state index contributed by atoms with van der Waals surface area (Å²) in [5.74, 6) is -2.23. The summed E-state index contributed by atoms with van der Waals surface area (Å²) in [4.78, 5) is 16.4. The molecule has 4 aromatic carbocycles. The van der Waals surface area contributed by atoms with E-state index in [9.17, 15) is 26.3 Å². The topological polar surface area (TPSA) is 104 Å². The van der Waals surface area contributed by atoms with Crippen molar-refractivity contribution in [3.05, 3.63) is 108 Å². The van der Waals surface area contributed by atoms with Crippen LogP contribution in [-0.2, 0) is 24.1 Å². The first kappa shape index (κ1) is 30.1. The Bertz CT molecular complexity index is 1700. The summed E-state index contributed by atoms with van der Waals surface area (Å²) >= 11 is 0. The van der Waals surface area contributed by atoms with Crippen LogP contribution in [0.3, 0.4) is 0 Å². The van der Waals surface area contributed by atoms with Gasteiger partial charge >= 0.3 is 18.3 Å². The van der Waals surface area contributed by atoms with Gasteiger partial charge in [0, 0.05) is 24.3 Å². The normalized spacial score (nSPS) is 11.7. The zero-order chi connectivity index (χ0) is 30.5. The number of rotatable bonds is 6. The number of alkyl halides is 6. The maximum absolute atomic E-state index is 13.1. The third-order valence-corrected chi connectivity index (χ3v) is 6.06. The fourth-order valence-electron chi connectivity index (χ4n) is 4.08. The van der Waals surface area contributed by atoms with Gasteiger partial charge < -0.3 is 21.1 Å². The molecule has 0 atom stereocenters. The molecular weight excluding hydrogens is 562 g/mol. The summed E-state index contributed by atoms with van der Waals surface area (Å²) in [5.41, 5.74) is 11.9. The number of nitrogen functional groups attached to an aromatic ring is 1. The molecule has 6 nitrogen and oxygen atoms in total. The smallest absolute Gasteiger partial charge is 0.475 e. The van der Waals surface area contributed by atoms with Crippen molar-refractivity contribution in [3.63, 3.8) is 0 Å². The number of nitrogens with one attached hydrogen (secondary N) is 2. The number of carboxylic acid groups (broad SMARTS) is 1. The Morgan fingerprint density at radius 1 is 0.786 bits per heavy atom. The maximum atomic E-state index is 13.1. The van der Waals surface area contributed by atoms with Gasteiger partial charge in [-0.1, -0.05) is 48.5 Å². The van der Waals surface area contributed by atoms with Crippen molar-refractivity contribution in [1.29, 1.82) is 0 Å². The second-order valence-corrected chi connectivity index (χ2v) is 9.25. The van der Waals surface area contributed by atoms with Crippen LogP contribution in [0, 0.1) is 0 Å². The lowest BCUT2D eigenvalue weighted by molar-refractivity contribution is -0.192. The molecular formula is C30H24F6N4O2. The minimum Gasteiger partial charge on any atom is -0.475 e. The lowest BCUT2D eigenvalue weighted by atomic mass is 10.0. The molecule has 0 amide bonds. The van der Waals surface area contributed by atoms with Crippen molar-refractivity contribution < 1.29 is 36.2 Å². The van der Waals surface area contributed by atoms with Crippen LogP contribution in [0.15, 0.2) is 91.0 Å². The van der Waals surface area contributed by atoms with Gasteiger partial charge in [0.05, 0.1) is 16.6 Å². The molecule has 1 aromatic heterocycles. The number of hydrogen-bond acceptors (Lipinski definition) is 4. The third-order valence-electron chi connectivity index (χ3n) is 6.06. The summed E-state index contributed by atoms with van der Waals surface area (Å²) in [6.45, 7) is 1.42. The number of nitrogens with zero attached hydrogens (tertiary/aromatic N) is 1. The minimum absolute atomic E-state index is 0.355. The predicted molar refractivity (Wildman–Crippen MR) is 147 cm³/mol. The van der Waals surface area contributed by atoms with Crippen molar-refractivity contribution in [2.75, 3.05) is 5.73 Å². The van der Waals surface area contributed by atoms with E-state index < -0.39 is 23.9 Å². The maximum Gasteiger partial charge on any atom is 0.490 e. The van der Waals surface area contributed by atoms with Gasteiger partial charge in [-0.05, 0) is 64.7 Å². The summed E-state index contributed by atoms with van der Waals surface area (Å²) in [6.07, 6.45) is -9.48. The number of carbonyl (C=O) groups is 1. The van der Waals surface area contributed by atoms with Crippen molar-refractivity contribution in [3.8, 4) is 22.5 Å². The summed E-state index contributed by atoms with van der Waals surface area (Å²) in [5, 5.41) is 10.6. The fourth-order valence-corrected chi connectivity index (χ4v) is 4.08. The van der Waals surface area contributed by atoms with Crippen molar-refractivity contribution >= 4 is 22.7 Å². The molecule has 0 saturated carbocycles. The summed E-state index contributed by atoms with van der Waals surface area (Å²) < 4.78 is 70.9. The number of benzene rings is 4. The van der Waals surface area contributed by atoms with Crippen LogP contribution < -0.4 is 11.1 Å². The van der Waals surface area contributed by atoms with Crippen LogP contribution in [0.4, 0.5) is 32.0 Å². The van der Waals surface area contributed by atoms with Gasteiger partial charge in [0.25, 0.3) is 0 Å². The van der Waals surface area contributed by atoms with Crippen molar-refractivity contribution in [2.45, 2.75) is 25.4 Å². The highest BCUT2D eigenvalue weighted by Crippen LogP contribution is 2.32. The van der Waals surface area contributed by atoms with E-state index in [1.54, 1.807) is 0 Å². The molecule has 0 aliphatic heterocycles. The highest BCUT2D eigenvalue weighted by Gasteiger charge is 2.38. The van der Waals surface area contributed by atoms with E-state index in [-0.39, 0.29) is 0 Å². The molecule has 0 bridgehead atoms. The molecule has 12 heteroatoms. The van der Waals surface area contributed by atoms with E-state index in [0.29, 0.717) is 29.9 Å². The van der Waals surface area contributed by atoms with E-state index in [1.807, 2.05) is 60.7 Å². The number of carboxylic acids is 1. The third kappa shape index (κ3) is 7.88. The molecule has 1 heterocycles. The minimum atomic E-state index is -5.08. The Hall–Kier alpha value is -4.84. The Labute approximate surface area is 235 Å². The highest BCUT2D eigenvalue weighted by atomic mass is 19.4. The van der Waals surface area contributed by atoms with Gasteiger partial charge in [0.2, 0.25) is 0 Å². The number of aromatic nitrogens is 2. The van der Waals surface area contributed by atoms with Gasteiger partial charge in [0.15, 0.2) is 0 Å². The zero-order valence-corrected chi connectivity index (χ0v) is 21.7. The number of nitrogens with two attached hydrogens (primary N) is 1. The number of halogens is 6. The first-order chi connectivity index (χ1) is 19.8.